The molecule has 0 bridgehead atoms. The summed E-state index contributed by atoms with van der Waals surface area (Å²) >= 11 is 18.4. The standard InChI is InChI=1S/C25H21Cl3N4O3.ClH/c1-13-3-5-15(11-20(13)28)29-25(34)18-10-16(12-21-23(18)32-22(31-21)7-8-35-2)30-24(33)17-9-14(26)4-6-19(17)27;/h3-6,9-12H,7-8H2,1-2H3,(H,29,34)(H,30,33)(H,31,32);1H. The van der Waals surface area contributed by atoms with Gasteiger partial charge in [-0.05, 0) is 55.0 Å². The largest absolute Gasteiger partial charge is 0.384 e. The highest BCUT2D eigenvalue weighted by atomic mass is 35.5. The number of nitrogens with one attached hydrogen (secondary N) is 3. The lowest BCUT2D eigenvalue weighted by Crippen LogP contribution is -2.15. The third-order valence-corrected chi connectivity index (χ3v) is 6.26. The molecule has 3 aromatic carbocycles. The number of fused-ring (bicyclic) bond motifs is 1. The van der Waals surface area contributed by atoms with Crippen molar-refractivity contribution in [2.45, 2.75) is 13.3 Å². The van der Waals surface area contributed by atoms with Gasteiger partial charge in [0, 0.05) is 35.0 Å². The van der Waals surface area contributed by atoms with E-state index in [9.17, 15) is 9.59 Å². The molecule has 1 heterocycles. The van der Waals surface area contributed by atoms with Gasteiger partial charge in [0.1, 0.15) is 11.3 Å². The Bertz CT molecular complexity index is 1440. The molecule has 36 heavy (non-hydrogen) atoms. The van der Waals surface area contributed by atoms with Crippen LogP contribution in [0.2, 0.25) is 15.1 Å². The number of amides is 2. The highest BCUT2D eigenvalue weighted by Crippen LogP contribution is 2.27. The average molecular weight is 568 g/mol. The molecule has 0 aliphatic carbocycles. The van der Waals surface area contributed by atoms with Gasteiger partial charge < -0.3 is 20.4 Å². The summed E-state index contributed by atoms with van der Waals surface area (Å²) < 4.78 is 5.13. The van der Waals surface area contributed by atoms with E-state index in [1.54, 1.807) is 43.5 Å². The summed E-state index contributed by atoms with van der Waals surface area (Å²) in [5.41, 5.74) is 3.34. The van der Waals surface area contributed by atoms with Crippen molar-refractivity contribution < 1.29 is 14.3 Å². The molecule has 4 rings (SSSR count). The van der Waals surface area contributed by atoms with Gasteiger partial charge in [-0.15, -0.1) is 12.4 Å². The van der Waals surface area contributed by atoms with Gasteiger partial charge in [-0.2, -0.15) is 0 Å². The van der Waals surface area contributed by atoms with Crippen LogP contribution in [0.5, 0.6) is 0 Å². The van der Waals surface area contributed by atoms with Crippen molar-refractivity contribution >= 4 is 81.4 Å². The van der Waals surface area contributed by atoms with E-state index in [1.165, 1.54) is 6.07 Å². The topological polar surface area (TPSA) is 96.1 Å². The summed E-state index contributed by atoms with van der Waals surface area (Å²) in [5.74, 6) is -0.222. The first-order valence-corrected chi connectivity index (χ1v) is 11.7. The predicted molar refractivity (Wildman–Crippen MR) is 147 cm³/mol. The minimum absolute atomic E-state index is 0. The van der Waals surface area contributed by atoms with Crippen LogP contribution in [0.1, 0.15) is 32.1 Å². The van der Waals surface area contributed by atoms with E-state index < -0.39 is 11.8 Å². The Morgan fingerprint density at radius 2 is 1.64 bits per heavy atom. The molecule has 0 spiro atoms. The number of aryl methyl sites for hydroxylation is 1. The number of aromatic amines is 1. The number of benzene rings is 3. The zero-order chi connectivity index (χ0) is 25.1. The van der Waals surface area contributed by atoms with Crippen LogP contribution in [0.4, 0.5) is 11.4 Å². The summed E-state index contributed by atoms with van der Waals surface area (Å²) in [6.07, 6.45) is 0.527. The Kier molecular flexibility index (Phi) is 9.22. The van der Waals surface area contributed by atoms with Crippen molar-refractivity contribution in [1.29, 1.82) is 0 Å². The molecule has 0 radical (unpaired) electrons. The molecule has 11 heteroatoms. The summed E-state index contributed by atoms with van der Waals surface area (Å²) in [5, 5.41) is 6.81. The molecule has 0 fully saturated rings. The van der Waals surface area contributed by atoms with E-state index in [2.05, 4.69) is 20.6 Å². The molecule has 0 atom stereocenters. The number of hydrogen-bond donors (Lipinski definition) is 3. The van der Waals surface area contributed by atoms with E-state index >= 15 is 0 Å². The number of anilines is 2. The average Bonchev–Trinajstić information content (AvgIpc) is 3.23. The molecule has 2 amide bonds. The number of carbonyl (C=O) groups is 2. The first-order chi connectivity index (χ1) is 16.7. The number of methoxy groups -OCH3 is 1. The zero-order valence-electron chi connectivity index (χ0n) is 19.2. The van der Waals surface area contributed by atoms with E-state index in [4.69, 9.17) is 39.5 Å². The van der Waals surface area contributed by atoms with E-state index in [0.717, 1.165) is 5.56 Å². The van der Waals surface area contributed by atoms with Crippen molar-refractivity contribution in [3.8, 4) is 0 Å². The quantitative estimate of drug-likeness (QED) is 0.225. The molecule has 188 valence electrons. The third kappa shape index (κ3) is 6.30. The lowest BCUT2D eigenvalue weighted by Gasteiger charge is -2.11. The van der Waals surface area contributed by atoms with Crippen LogP contribution >= 0.6 is 47.2 Å². The summed E-state index contributed by atoms with van der Waals surface area (Å²) in [7, 11) is 1.60. The first-order valence-electron chi connectivity index (χ1n) is 10.6. The van der Waals surface area contributed by atoms with Crippen LogP contribution in [-0.2, 0) is 11.2 Å². The van der Waals surface area contributed by atoms with Gasteiger partial charge in [-0.1, -0.05) is 40.9 Å². The Morgan fingerprint density at radius 3 is 2.36 bits per heavy atom. The van der Waals surface area contributed by atoms with Crippen molar-refractivity contribution in [3.05, 3.63) is 86.1 Å². The van der Waals surface area contributed by atoms with Gasteiger partial charge in [0.05, 0.1) is 28.3 Å². The number of H-pyrrole nitrogens is 1. The number of nitrogens with zero attached hydrogens (tertiary/aromatic N) is 1. The predicted octanol–water partition coefficient (Wildman–Crippen LogP) is 6.95. The highest BCUT2D eigenvalue weighted by molar-refractivity contribution is 6.36. The molecular formula is C25H22Cl4N4O3. The second-order valence-corrected chi connectivity index (χ2v) is 9.09. The van der Waals surface area contributed by atoms with Crippen LogP contribution in [0.3, 0.4) is 0 Å². The molecular weight excluding hydrogens is 546 g/mol. The van der Waals surface area contributed by atoms with Gasteiger partial charge in [-0.25, -0.2) is 4.98 Å². The molecule has 0 aliphatic rings. The maximum atomic E-state index is 13.3. The van der Waals surface area contributed by atoms with Gasteiger partial charge in [0.25, 0.3) is 11.8 Å². The number of halogens is 4. The van der Waals surface area contributed by atoms with E-state index in [-0.39, 0.29) is 28.6 Å². The lowest BCUT2D eigenvalue weighted by molar-refractivity contribution is 0.101. The fourth-order valence-corrected chi connectivity index (χ4v) is 4.03. The molecule has 0 saturated carbocycles. The Hall–Kier alpha value is -2.81. The van der Waals surface area contributed by atoms with Gasteiger partial charge in [0.15, 0.2) is 0 Å². The number of carbonyl (C=O) groups excluding carboxylic acids is 2. The molecule has 0 saturated heterocycles. The van der Waals surface area contributed by atoms with Gasteiger partial charge >= 0.3 is 0 Å². The fourth-order valence-electron chi connectivity index (χ4n) is 3.47. The number of imidazole rings is 1. The fraction of sp³-hybridized carbons (Fsp3) is 0.160. The Labute approximate surface area is 228 Å². The van der Waals surface area contributed by atoms with Gasteiger partial charge in [-0.3, -0.25) is 9.59 Å². The number of rotatable bonds is 7. The monoisotopic (exact) mass is 566 g/mol. The first kappa shape index (κ1) is 27.8. The van der Waals surface area contributed by atoms with Crippen molar-refractivity contribution in [2.75, 3.05) is 24.4 Å². The Balaban J connectivity index is 0.00000361. The van der Waals surface area contributed by atoms with Crippen LogP contribution in [0.15, 0.2) is 48.5 Å². The van der Waals surface area contributed by atoms with Crippen molar-refractivity contribution in [2.24, 2.45) is 0 Å². The van der Waals surface area contributed by atoms with Crippen LogP contribution < -0.4 is 10.6 Å². The molecule has 0 aliphatic heterocycles. The summed E-state index contributed by atoms with van der Waals surface area (Å²) in [4.78, 5) is 33.9. The SMILES string of the molecule is COCCc1nc2c(C(=O)Nc3ccc(C)c(Cl)c3)cc(NC(=O)c3cc(Cl)ccc3Cl)cc2[nH]1.Cl. The minimum atomic E-state index is -0.465. The zero-order valence-corrected chi connectivity index (χ0v) is 22.3. The minimum Gasteiger partial charge on any atom is -0.384 e. The van der Waals surface area contributed by atoms with Crippen LogP contribution in [-0.4, -0.2) is 35.5 Å². The molecule has 3 N–H and O–H groups in total. The van der Waals surface area contributed by atoms with E-state index in [0.29, 0.717) is 51.3 Å². The Morgan fingerprint density at radius 1 is 0.917 bits per heavy atom. The third-order valence-electron chi connectivity index (χ3n) is 5.28. The number of hydrogen-bond acceptors (Lipinski definition) is 4. The highest BCUT2D eigenvalue weighted by Gasteiger charge is 2.19. The van der Waals surface area contributed by atoms with Crippen LogP contribution in [0.25, 0.3) is 11.0 Å². The maximum Gasteiger partial charge on any atom is 0.258 e. The smallest absolute Gasteiger partial charge is 0.258 e. The number of ether oxygens (including phenoxy) is 1. The second kappa shape index (κ2) is 12.0. The van der Waals surface area contributed by atoms with Crippen molar-refractivity contribution in [1.82, 2.24) is 9.97 Å². The molecule has 1 aromatic heterocycles. The van der Waals surface area contributed by atoms with Crippen LogP contribution in [0, 0.1) is 6.92 Å². The molecule has 0 unspecified atom stereocenters. The lowest BCUT2D eigenvalue weighted by atomic mass is 10.1. The van der Waals surface area contributed by atoms with Gasteiger partial charge in [0.2, 0.25) is 0 Å². The summed E-state index contributed by atoms with van der Waals surface area (Å²) in [6.45, 7) is 2.33. The molecule has 4 aromatic rings. The maximum absolute atomic E-state index is 13.3. The normalized spacial score (nSPS) is 10.7. The molecule has 7 nitrogen and oxygen atoms in total. The second-order valence-electron chi connectivity index (χ2n) is 7.84. The number of aromatic nitrogens is 2. The van der Waals surface area contributed by atoms with Crippen molar-refractivity contribution in [3.63, 3.8) is 0 Å². The van der Waals surface area contributed by atoms with E-state index in [1.807, 2.05) is 13.0 Å². The summed E-state index contributed by atoms with van der Waals surface area (Å²) in [6, 6.07) is 13.1.